The van der Waals surface area contributed by atoms with E-state index < -0.39 is 0 Å². The molecule has 1 saturated carbocycles. The van der Waals surface area contributed by atoms with Gasteiger partial charge in [-0.25, -0.2) is 0 Å². The number of hydrogen-bond acceptors (Lipinski definition) is 5. The van der Waals surface area contributed by atoms with Crippen molar-refractivity contribution in [3.63, 3.8) is 0 Å². The normalized spacial score (nSPS) is 17.0. The second-order valence-electron chi connectivity index (χ2n) is 9.03. The SMILES string of the molecule is Cc1nocc1C(=O)N[C@@H](C)c1ccc(C2CN(c3ccc(OCC4CC4)cc3)C2)cc1. The van der Waals surface area contributed by atoms with E-state index in [1.54, 1.807) is 6.92 Å². The summed E-state index contributed by atoms with van der Waals surface area (Å²) in [6.45, 7) is 6.63. The highest BCUT2D eigenvalue weighted by Gasteiger charge is 2.28. The Bertz CT molecular complexity index is 1060. The van der Waals surface area contributed by atoms with Crippen LogP contribution in [-0.4, -0.2) is 30.8 Å². The minimum Gasteiger partial charge on any atom is -0.493 e. The summed E-state index contributed by atoms with van der Waals surface area (Å²) in [5, 5.41) is 6.78. The fourth-order valence-electron chi connectivity index (χ4n) is 4.08. The Labute approximate surface area is 188 Å². The molecule has 1 aliphatic heterocycles. The van der Waals surface area contributed by atoms with Crippen LogP contribution in [0.1, 0.15) is 58.9 Å². The van der Waals surface area contributed by atoms with Gasteiger partial charge in [0.15, 0.2) is 0 Å². The number of nitrogens with one attached hydrogen (secondary N) is 1. The van der Waals surface area contributed by atoms with Gasteiger partial charge < -0.3 is 19.5 Å². The molecule has 5 rings (SSSR count). The molecule has 2 aromatic carbocycles. The van der Waals surface area contributed by atoms with Crippen molar-refractivity contribution in [2.24, 2.45) is 5.92 Å². The van der Waals surface area contributed by atoms with Crippen LogP contribution in [0.5, 0.6) is 5.75 Å². The van der Waals surface area contributed by atoms with Crippen LogP contribution >= 0.6 is 0 Å². The van der Waals surface area contributed by atoms with Crippen LogP contribution in [0.15, 0.2) is 59.3 Å². The van der Waals surface area contributed by atoms with Crippen molar-refractivity contribution in [1.29, 1.82) is 0 Å². The van der Waals surface area contributed by atoms with Gasteiger partial charge in [0.25, 0.3) is 5.91 Å². The highest BCUT2D eigenvalue weighted by molar-refractivity contribution is 5.95. The van der Waals surface area contributed by atoms with E-state index in [0.29, 0.717) is 17.2 Å². The number of hydrogen-bond donors (Lipinski definition) is 1. The molecule has 2 fully saturated rings. The third-order valence-electron chi connectivity index (χ3n) is 6.52. The maximum Gasteiger partial charge on any atom is 0.256 e. The average molecular weight is 432 g/mol. The van der Waals surface area contributed by atoms with E-state index in [9.17, 15) is 4.79 Å². The predicted molar refractivity (Wildman–Crippen MR) is 123 cm³/mol. The number of aryl methyl sites for hydroxylation is 1. The van der Waals surface area contributed by atoms with E-state index in [1.165, 1.54) is 30.4 Å². The molecule has 1 aliphatic carbocycles. The molecule has 2 heterocycles. The van der Waals surface area contributed by atoms with Gasteiger partial charge in [0.2, 0.25) is 0 Å². The van der Waals surface area contributed by atoms with Crippen LogP contribution in [-0.2, 0) is 0 Å². The third-order valence-corrected chi connectivity index (χ3v) is 6.52. The molecule has 32 heavy (non-hydrogen) atoms. The summed E-state index contributed by atoms with van der Waals surface area (Å²) in [4.78, 5) is 14.8. The zero-order valence-corrected chi connectivity index (χ0v) is 18.6. The quantitative estimate of drug-likeness (QED) is 0.551. The molecule has 6 nitrogen and oxygen atoms in total. The van der Waals surface area contributed by atoms with E-state index in [0.717, 1.165) is 36.9 Å². The lowest BCUT2D eigenvalue weighted by Crippen LogP contribution is -2.45. The van der Waals surface area contributed by atoms with E-state index in [-0.39, 0.29) is 11.9 Å². The lowest BCUT2D eigenvalue weighted by Gasteiger charge is -2.41. The van der Waals surface area contributed by atoms with Gasteiger partial charge in [-0.05, 0) is 68.0 Å². The topological polar surface area (TPSA) is 67.6 Å². The summed E-state index contributed by atoms with van der Waals surface area (Å²) in [6, 6.07) is 17.0. The van der Waals surface area contributed by atoms with Crippen molar-refractivity contribution < 1.29 is 14.1 Å². The molecule has 1 aromatic heterocycles. The molecule has 1 atom stereocenters. The van der Waals surface area contributed by atoms with Gasteiger partial charge in [0, 0.05) is 24.7 Å². The number of carbonyl (C=O) groups is 1. The Kier molecular flexibility index (Phi) is 5.60. The molecule has 1 amide bonds. The molecule has 166 valence electrons. The van der Waals surface area contributed by atoms with Crippen molar-refractivity contribution in [3.8, 4) is 5.75 Å². The van der Waals surface area contributed by atoms with Crippen LogP contribution in [0.4, 0.5) is 5.69 Å². The summed E-state index contributed by atoms with van der Waals surface area (Å²) in [5.74, 6) is 2.10. The van der Waals surface area contributed by atoms with Gasteiger partial charge in [-0.15, -0.1) is 0 Å². The zero-order chi connectivity index (χ0) is 22.1. The molecule has 1 saturated heterocycles. The van der Waals surface area contributed by atoms with Crippen LogP contribution in [0.25, 0.3) is 0 Å². The van der Waals surface area contributed by atoms with Gasteiger partial charge in [-0.3, -0.25) is 4.79 Å². The summed E-state index contributed by atoms with van der Waals surface area (Å²) < 4.78 is 10.7. The number of rotatable bonds is 8. The Morgan fingerprint density at radius 1 is 1.16 bits per heavy atom. The summed E-state index contributed by atoms with van der Waals surface area (Å²) in [5.41, 5.74) is 4.74. The number of aromatic nitrogens is 1. The fourth-order valence-corrected chi connectivity index (χ4v) is 4.08. The first-order chi connectivity index (χ1) is 15.6. The second kappa shape index (κ2) is 8.69. The first-order valence-electron chi connectivity index (χ1n) is 11.4. The minimum atomic E-state index is -0.168. The maximum absolute atomic E-state index is 12.4. The van der Waals surface area contributed by atoms with Crippen molar-refractivity contribution in [2.75, 3.05) is 24.6 Å². The molecule has 3 aromatic rings. The molecule has 0 bridgehead atoms. The van der Waals surface area contributed by atoms with Crippen LogP contribution in [0.3, 0.4) is 0 Å². The molecule has 6 heteroatoms. The molecule has 0 radical (unpaired) electrons. The second-order valence-corrected chi connectivity index (χ2v) is 9.03. The van der Waals surface area contributed by atoms with Crippen molar-refractivity contribution in [2.45, 2.75) is 38.6 Å². The largest absolute Gasteiger partial charge is 0.493 e. The van der Waals surface area contributed by atoms with Crippen molar-refractivity contribution in [1.82, 2.24) is 10.5 Å². The lowest BCUT2D eigenvalue weighted by molar-refractivity contribution is 0.0938. The van der Waals surface area contributed by atoms with Crippen molar-refractivity contribution in [3.05, 3.63) is 77.2 Å². The van der Waals surface area contributed by atoms with E-state index in [1.807, 2.05) is 6.92 Å². The number of ether oxygens (including phenoxy) is 1. The van der Waals surface area contributed by atoms with Gasteiger partial charge in [0.1, 0.15) is 17.6 Å². The van der Waals surface area contributed by atoms with Crippen molar-refractivity contribution >= 4 is 11.6 Å². The zero-order valence-electron chi connectivity index (χ0n) is 18.6. The fraction of sp³-hybridized carbons (Fsp3) is 0.385. The number of amides is 1. The highest BCUT2D eigenvalue weighted by atomic mass is 16.5. The first-order valence-corrected chi connectivity index (χ1v) is 11.4. The number of anilines is 1. The van der Waals surface area contributed by atoms with Crippen LogP contribution < -0.4 is 15.0 Å². The molecule has 0 spiro atoms. The monoisotopic (exact) mass is 431 g/mol. The highest BCUT2D eigenvalue weighted by Crippen LogP contribution is 2.34. The molecular weight excluding hydrogens is 402 g/mol. The van der Waals surface area contributed by atoms with Gasteiger partial charge >= 0.3 is 0 Å². The lowest BCUT2D eigenvalue weighted by atomic mass is 9.90. The maximum atomic E-state index is 12.4. The molecular formula is C26H29N3O3. The standard InChI is InChI=1S/C26H29N3O3/c1-17(27-26(30)25-16-32-28-18(25)2)20-5-7-21(8-6-20)22-13-29(14-22)23-9-11-24(12-10-23)31-15-19-3-4-19/h5-12,16-17,19,22H,3-4,13-15H2,1-2H3,(H,27,30)/t17-/m0/s1. The Hall–Kier alpha value is -3.28. The molecule has 1 N–H and O–H groups in total. The Balaban J connectivity index is 1.12. The smallest absolute Gasteiger partial charge is 0.256 e. The van der Waals surface area contributed by atoms with Gasteiger partial charge in [-0.1, -0.05) is 29.4 Å². The first kappa shape index (κ1) is 20.6. The number of nitrogens with zero attached hydrogens (tertiary/aromatic N) is 2. The summed E-state index contributed by atoms with van der Waals surface area (Å²) in [7, 11) is 0. The van der Waals surface area contributed by atoms with Gasteiger partial charge in [-0.2, -0.15) is 0 Å². The van der Waals surface area contributed by atoms with E-state index in [2.05, 4.69) is 63.9 Å². The predicted octanol–water partition coefficient (Wildman–Crippen LogP) is 4.87. The Morgan fingerprint density at radius 3 is 2.50 bits per heavy atom. The molecule has 0 unspecified atom stereocenters. The average Bonchev–Trinajstić information content (AvgIpc) is 3.50. The number of benzene rings is 2. The van der Waals surface area contributed by atoms with E-state index in [4.69, 9.17) is 9.26 Å². The van der Waals surface area contributed by atoms with Gasteiger partial charge in [0.05, 0.1) is 18.3 Å². The van der Waals surface area contributed by atoms with E-state index >= 15 is 0 Å². The third kappa shape index (κ3) is 4.49. The summed E-state index contributed by atoms with van der Waals surface area (Å²) >= 11 is 0. The van der Waals surface area contributed by atoms with Crippen LogP contribution in [0, 0.1) is 12.8 Å². The van der Waals surface area contributed by atoms with Crippen LogP contribution in [0.2, 0.25) is 0 Å². The molecule has 2 aliphatic rings. The number of carbonyl (C=O) groups excluding carboxylic acids is 1. The minimum absolute atomic E-state index is 0.0932. The Morgan fingerprint density at radius 2 is 1.88 bits per heavy atom. The summed E-state index contributed by atoms with van der Waals surface area (Å²) in [6.07, 6.45) is 4.01.